The molecular formula is C20H24N4O3. The number of hydrogen-bond donors (Lipinski definition) is 3. The van der Waals surface area contributed by atoms with E-state index >= 15 is 0 Å². The number of para-hydroxylation sites is 1. The summed E-state index contributed by atoms with van der Waals surface area (Å²) in [4.78, 5) is 37.1. The van der Waals surface area contributed by atoms with Crippen molar-refractivity contribution in [1.82, 2.24) is 5.32 Å². The maximum atomic E-state index is 12.5. The van der Waals surface area contributed by atoms with E-state index < -0.39 is 0 Å². The van der Waals surface area contributed by atoms with Gasteiger partial charge in [0.1, 0.15) is 0 Å². The Kier molecular flexibility index (Phi) is 6.93. The van der Waals surface area contributed by atoms with E-state index in [-0.39, 0.29) is 17.7 Å². The lowest BCUT2D eigenvalue weighted by molar-refractivity contribution is -0.115. The third-order valence-electron chi connectivity index (χ3n) is 3.77. The highest BCUT2D eigenvalue weighted by atomic mass is 16.2. The zero-order valence-corrected chi connectivity index (χ0v) is 15.7. The maximum Gasteiger partial charge on any atom is 0.251 e. The summed E-state index contributed by atoms with van der Waals surface area (Å²) in [5, 5.41) is 8.12. The van der Waals surface area contributed by atoms with Crippen LogP contribution in [0.15, 0.2) is 48.5 Å². The van der Waals surface area contributed by atoms with Crippen LogP contribution in [-0.2, 0) is 9.59 Å². The zero-order valence-electron chi connectivity index (χ0n) is 15.7. The van der Waals surface area contributed by atoms with Crippen LogP contribution in [0, 0.1) is 0 Å². The second kappa shape index (κ2) is 9.38. The molecule has 0 aliphatic rings. The van der Waals surface area contributed by atoms with Crippen molar-refractivity contribution in [3.05, 3.63) is 54.1 Å². The number of carbonyl (C=O) groups excluding carboxylic acids is 3. The Hall–Kier alpha value is -3.35. The molecule has 0 fully saturated rings. The molecule has 7 heteroatoms. The maximum absolute atomic E-state index is 12.5. The van der Waals surface area contributed by atoms with Crippen molar-refractivity contribution < 1.29 is 14.4 Å². The van der Waals surface area contributed by atoms with Gasteiger partial charge in [-0.15, -0.1) is 0 Å². The monoisotopic (exact) mass is 368 g/mol. The summed E-state index contributed by atoms with van der Waals surface area (Å²) in [5.74, 6) is -0.799. The molecule has 0 heterocycles. The normalized spacial score (nSPS) is 10.0. The number of benzene rings is 2. The fourth-order valence-corrected chi connectivity index (χ4v) is 2.56. The Morgan fingerprint density at radius 1 is 0.889 bits per heavy atom. The molecule has 2 aromatic rings. The van der Waals surface area contributed by atoms with Crippen LogP contribution in [0.5, 0.6) is 0 Å². The molecule has 0 unspecified atom stereocenters. The molecule has 3 N–H and O–H groups in total. The van der Waals surface area contributed by atoms with Gasteiger partial charge < -0.3 is 20.9 Å². The Balaban J connectivity index is 2.03. The topological polar surface area (TPSA) is 90.5 Å². The highest BCUT2D eigenvalue weighted by Gasteiger charge is 2.11. The van der Waals surface area contributed by atoms with Crippen LogP contribution in [0.2, 0.25) is 0 Å². The number of hydrogen-bond acceptors (Lipinski definition) is 4. The van der Waals surface area contributed by atoms with Crippen molar-refractivity contribution in [3.8, 4) is 0 Å². The Morgan fingerprint density at radius 3 is 1.96 bits per heavy atom. The second-order valence-corrected chi connectivity index (χ2v) is 6.17. The van der Waals surface area contributed by atoms with Crippen LogP contribution in [0.1, 0.15) is 24.2 Å². The van der Waals surface area contributed by atoms with Gasteiger partial charge in [-0.1, -0.05) is 18.2 Å². The quantitative estimate of drug-likeness (QED) is 0.700. The summed E-state index contributed by atoms with van der Waals surface area (Å²) in [6.45, 7) is 3.85. The highest BCUT2D eigenvalue weighted by Crippen LogP contribution is 2.19. The van der Waals surface area contributed by atoms with Gasteiger partial charge in [-0.2, -0.15) is 0 Å². The SMILES string of the molecule is CC(=O)Nc1cc(NC(C)=O)cc(C(=O)NCCN(C)c2ccccc2)c1. The van der Waals surface area contributed by atoms with Crippen LogP contribution in [-0.4, -0.2) is 37.9 Å². The van der Waals surface area contributed by atoms with Crippen LogP contribution < -0.4 is 20.9 Å². The van der Waals surface area contributed by atoms with Crippen molar-refractivity contribution in [2.75, 3.05) is 35.7 Å². The molecule has 0 aliphatic heterocycles. The minimum absolute atomic E-state index is 0.259. The van der Waals surface area contributed by atoms with Crippen LogP contribution in [0.25, 0.3) is 0 Å². The molecule has 0 spiro atoms. The fraction of sp³-hybridized carbons (Fsp3) is 0.250. The molecule has 0 aliphatic carbocycles. The molecule has 2 rings (SSSR count). The van der Waals surface area contributed by atoms with Gasteiger partial charge in [0.05, 0.1) is 0 Å². The van der Waals surface area contributed by atoms with Gasteiger partial charge in [-0.05, 0) is 30.3 Å². The Bertz CT molecular complexity index is 787. The summed E-state index contributed by atoms with van der Waals surface area (Å²) in [5.41, 5.74) is 2.31. The molecule has 0 radical (unpaired) electrons. The van der Waals surface area contributed by atoms with E-state index in [0.29, 0.717) is 30.0 Å². The summed E-state index contributed by atoms with van der Waals surface area (Å²) in [7, 11) is 1.95. The molecule has 0 saturated heterocycles. The molecule has 7 nitrogen and oxygen atoms in total. The first-order valence-electron chi connectivity index (χ1n) is 8.60. The van der Waals surface area contributed by atoms with Crippen molar-refractivity contribution in [1.29, 1.82) is 0 Å². The van der Waals surface area contributed by atoms with Gasteiger partial charge in [-0.3, -0.25) is 14.4 Å². The number of rotatable bonds is 7. The van der Waals surface area contributed by atoms with Crippen molar-refractivity contribution in [2.24, 2.45) is 0 Å². The largest absolute Gasteiger partial charge is 0.373 e. The van der Waals surface area contributed by atoms with E-state index in [1.165, 1.54) is 13.8 Å². The van der Waals surface area contributed by atoms with E-state index in [1.54, 1.807) is 18.2 Å². The van der Waals surface area contributed by atoms with Crippen molar-refractivity contribution >= 4 is 34.8 Å². The number of amides is 3. The van der Waals surface area contributed by atoms with Gasteiger partial charge >= 0.3 is 0 Å². The fourth-order valence-electron chi connectivity index (χ4n) is 2.56. The van der Waals surface area contributed by atoms with Crippen molar-refractivity contribution in [2.45, 2.75) is 13.8 Å². The Labute approximate surface area is 158 Å². The third-order valence-corrected chi connectivity index (χ3v) is 3.77. The van der Waals surface area contributed by atoms with E-state index in [4.69, 9.17) is 0 Å². The van der Waals surface area contributed by atoms with E-state index in [2.05, 4.69) is 16.0 Å². The van der Waals surface area contributed by atoms with Crippen LogP contribution in [0.4, 0.5) is 17.1 Å². The summed E-state index contributed by atoms with van der Waals surface area (Å²) in [6.07, 6.45) is 0. The van der Waals surface area contributed by atoms with E-state index in [1.807, 2.05) is 42.3 Å². The zero-order chi connectivity index (χ0) is 19.8. The lowest BCUT2D eigenvalue weighted by atomic mass is 10.1. The van der Waals surface area contributed by atoms with Gasteiger partial charge in [0.2, 0.25) is 11.8 Å². The molecule has 27 heavy (non-hydrogen) atoms. The number of likely N-dealkylation sites (N-methyl/N-ethyl adjacent to an activating group) is 1. The van der Waals surface area contributed by atoms with Gasteiger partial charge in [-0.25, -0.2) is 0 Å². The number of nitrogens with zero attached hydrogens (tertiary/aromatic N) is 1. The van der Waals surface area contributed by atoms with E-state index in [9.17, 15) is 14.4 Å². The standard InChI is InChI=1S/C20H24N4O3/c1-14(25)22-17-11-16(12-18(13-17)23-15(2)26)20(27)21-9-10-24(3)19-7-5-4-6-8-19/h4-8,11-13H,9-10H2,1-3H3,(H,21,27)(H,22,25)(H,23,26). The predicted molar refractivity (Wildman–Crippen MR) is 107 cm³/mol. The first-order valence-corrected chi connectivity index (χ1v) is 8.60. The summed E-state index contributed by atoms with van der Waals surface area (Å²) >= 11 is 0. The number of nitrogens with one attached hydrogen (secondary N) is 3. The molecule has 0 aromatic heterocycles. The van der Waals surface area contributed by atoms with Crippen LogP contribution in [0.3, 0.4) is 0 Å². The minimum atomic E-state index is -0.282. The first kappa shape index (κ1) is 20.0. The summed E-state index contributed by atoms with van der Waals surface area (Å²) < 4.78 is 0. The lowest BCUT2D eigenvalue weighted by Crippen LogP contribution is -2.33. The highest BCUT2D eigenvalue weighted by molar-refractivity contribution is 5.99. The van der Waals surface area contributed by atoms with Gasteiger partial charge in [0.15, 0.2) is 0 Å². The molecule has 2 aromatic carbocycles. The molecule has 0 saturated carbocycles. The second-order valence-electron chi connectivity index (χ2n) is 6.17. The average molecular weight is 368 g/mol. The summed E-state index contributed by atoms with van der Waals surface area (Å²) in [6, 6.07) is 14.6. The average Bonchev–Trinajstić information content (AvgIpc) is 2.60. The number of anilines is 3. The smallest absolute Gasteiger partial charge is 0.251 e. The van der Waals surface area contributed by atoms with Crippen LogP contribution >= 0.6 is 0 Å². The Morgan fingerprint density at radius 2 is 1.44 bits per heavy atom. The molecular weight excluding hydrogens is 344 g/mol. The lowest BCUT2D eigenvalue weighted by Gasteiger charge is -2.19. The minimum Gasteiger partial charge on any atom is -0.373 e. The van der Waals surface area contributed by atoms with E-state index in [0.717, 1.165) is 5.69 Å². The van der Waals surface area contributed by atoms with Crippen molar-refractivity contribution in [3.63, 3.8) is 0 Å². The number of carbonyl (C=O) groups is 3. The molecule has 0 atom stereocenters. The first-order chi connectivity index (χ1) is 12.8. The van der Waals surface area contributed by atoms with Gasteiger partial charge in [0, 0.05) is 56.6 Å². The molecule has 0 bridgehead atoms. The molecule has 3 amide bonds. The third kappa shape index (κ3) is 6.47. The molecule has 142 valence electrons. The predicted octanol–water partition coefficient (Wildman–Crippen LogP) is 2.47. The van der Waals surface area contributed by atoms with Gasteiger partial charge in [0.25, 0.3) is 5.91 Å².